The van der Waals surface area contributed by atoms with Crippen LogP contribution in [0.3, 0.4) is 0 Å². The van der Waals surface area contributed by atoms with Gasteiger partial charge in [-0.1, -0.05) is 0 Å². The second-order valence-electron chi connectivity index (χ2n) is 7.56. The molecule has 1 unspecified atom stereocenters. The van der Waals surface area contributed by atoms with Gasteiger partial charge in [-0.2, -0.15) is 0 Å². The molecule has 0 radical (unpaired) electrons. The van der Waals surface area contributed by atoms with Crippen LogP contribution in [0.1, 0.15) is 32.3 Å². The first-order valence-electron chi connectivity index (χ1n) is 9.85. The summed E-state index contributed by atoms with van der Waals surface area (Å²) in [5.74, 6) is 3.21. The molecule has 0 bridgehead atoms. The van der Waals surface area contributed by atoms with Crippen molar-refractivity contribution in [1.29, 1.82) is 0 Å². The van der Waals surface area contributed by atoms with Crippen LogP contribution in [0.4, 0.5) is 0 Å². The number of hydrogen-bond donors (Lipinski definition) is 1. The largest absolute Gasteiger partial charge is 0.497 e. The molecule has 1 heterocycles. The first-order chi connectivity index (χ1) is 13.0. The van der Waals surface area contributed by atoms with E-state index in [4.69, 9.17) is 9.47 Å². The number of benzene rings is 1. The molecule has 0 spiro atoms. The molecule has 1 atom stereocenters. The molecule has 2 rings (SSSR count). The van der Waals surface area contributed by atoms with Gasteiger partial charge in [0.25, 0.3) is 0 Å². The van der Waals surface area contributed by atoms with Gasteiger partial charge in [-0.15, -0.1) is 24.0 Å². The highest BCUT2D eigenvalue weighted by atomic mass is 127. The lowest BCUT2D eigenvalue weighted by molar-refractivity contribution is 0.140. The number of methoxy groups -OCH3 is 2. The number of nitrogens with one attached hydrogen (secondary N) is 1. The number of ether oxygens (including phenoxy) is 2. The lowest BCUT2D eigenvalue weighted by Crippen LogP contribution is -2.46. The Balaban J connectivity index is 0.00000392. The highest BCUT2D eigenvalue weighted by Crippen LogP contribution is 2.25. The minimum absolute atomic E-state index is 0. The Kier molecular flexibility index (Phi) is 11.0. The van der Waals surface area contributed by atoms with E-state index >= 15 is 0 Å². The van der Waals surface area contributed by atoms with E-state index in [-0.39, 0.29) is 24.0 Å². The summed E-state index contributed by atoms with van der Waals surface area (Å²) < 4.78 is 10.8. The number of hydrogen-bond acceptors (Lipinski definition) is 4. The minimum Gasteiger partial charge on any atom is -0.497 e. The lowest BCUT2D eigenvalue weighted by atomic mass is 9.97. The predicted molar refractivity (Wildman–Crippen MR) is 127 cm³/mol. The monoisotopic (exact) mass is 504 g/mol. The second-order valence-corrected chi connectivity index (χ2v) is 7.56. The third-order valence-corrected chi connectivity index (χ3v) is 5.30. The Morgan fingerprint density at radius 3 is 2.68 bits per heavy atom. The summed E-state index contributed by atoms with van der Waals surface area (Å²) in [6.07, 6.45) is 2.56. The summed E-state index contributed by atoms with van der Waals surface area (Å²) >= 11 is 0. The Hall–Kier alpha value is -1.22. The quantitative estimate of drug-likeness (QED) is 0.350. The number of piperidine rings is 1. The maximum Gasteiger partial charge on any atom is 0.193 e. The molecular formula is C21H37IN4O2. The highest BCUT2D eigenvalue weighted by molar-refractivity contribution is 14.0. The van der Waals surface area contributed by atoms with Crippen molar-refractivity contribution in [2.24, 2.45) is 10.9 Å². The van der Waals surface area contributed by atoms with Gasteiger partial charge in [0.1, 0.15) is 11.5 Å². The SMILES string of the molecule is CN=C(NCC1CCCN(C(C)C)C1)N(C)Cc1ccc(OC)cc1OC.I. The second kappa shape index (κ2) is 12.4. The van der Waals surface area contributed by atoms with Gasteiger partial charge in [0.05, 0.1) is 14.2 Å². The van der Waals surface area contributed by atoms with Crippen molar-refractivity contribution in [3.8, 4) is 11.5 Å². The Bertz CT molecular complexity index is 624. The summed E-state index contributed by atoms with van der Waals surface area (Å²) in [6.45, 7) is 8.63. The van der Waals surface area contributed by atoms with Gasteiger partial charge in [-0.25, -0.2) is 0 Å². The van der Waals surface area contributed by atoms with Gasteiger partial charge >= 0.3 is 0 Å². The normalized spacial score (nSPS) is 17.8. The Morgan fingerprint density at radius 1 is 1.32 bits per heavy atom. The van der Waals surface area contributed by atoms with Crippen LogP contribution in [-0.4, -0.2) is 69.8 Å². The zero-order valence-corrected chi connectivity index (χ0v) is 20.5. The Labute approximate surface area is 187 Å². The molecular weight excluding hydrogens is 467 g/mol. The summed E-state index contributed by atoms with van der Waals surface area (Å²) in [7, 11) is 7.25. The van der Waals surface area contributed by atoms with Crippen LogP contribution in [0.2, 0.25) is 0 Å². The third-order valence-electron chi connectivity index (χ3n) is 5.30. The zero-order valence-electron chi connectivity index (χ0n) is 18.2. The van der Waals surface area contributed by atoms with Gasteiger partial charge in [-0.3, -0.25) is 4.99 Å². The molecule has 1 aliphatic rings. The molecule has 160 valence electrons. The van der Waals surface area contributed by atoms with Gasteiger partial charge in [0.2, 0.25) is 0 Å². The van der Waals surface area contributed by atoms with Gasteiger partial charge in [0, 0.05) is 51.4 Å². The zero-order chi connectivity index (χ0) is 19.8. The molecule has 0 aromatic heterocycles. The number of rotatable bonds is 7. The summed E-state index contributed by atoms with van der Waals surface area (Å²) in [5.41, 5.74) is 1.10. The van der Waals surface area contributed by atoms with E-state index in [2.05, 4.69) is 41.0 Å². The van der Waals surface area contributed by atoms with Gasteiger partial charge in [-0.05, 0) is 51.3 Å². The molecule has 0 aliphatic carbocycles. The van der Waals surface area contributed by atoms with Gasteiger partial charge in [0.15, 0.2) is 5.96 Å². The third kappa shape index (κ3) is 6.99. The van der Waals surface area contributed by atoms with Crippen molar-refractivity contribution >= 4 is 29.9 Å². The fraction of sp³-hybridized carbons (Fsp3) is 0.667. The molecule has 6 nitrogen and oxygen atoms in total. The van der Waals surface area contributed by atoms with E-state index in [9.17, 15) is 0 Å². The van der Waals surface area contributed by atoms with Crippen LogP contribution in [-0.2, 0) is 6.54 Å². The van der Waals surface area contributed by atoms with E-state index in [0.717, 1.165) is 42.7 Å². The molecule has 1 aromatic rings. The molecule has 7 heteroatoms. The lowest BCUT2D eigenvalue weighted by Gasteiger charge is -2.36. The number of aliphatic imine (C=N–C) groups is 1. The first-order valence-corrected chi connectivity index (χ1v) is 9.85. The molecule has 1 fully saturated rings. The number of nitrogens with zero attached hydrogens (tertiary/aromatic N) is 3. The fourth-order valence-corrected chi connectivity index (χ4v) is 3.67. The summed E-state index contributed by atoms with van der Waals surface area (Å²) in [6, 6.07) is 6.55. The average molecular weight is 504 g/mol. The molecule has 1 N–H and O–H groups in total. The summed E-state index contributed by atoms with van der Waals surface area (Å²) in [4.78, 5) is 9.17. The molecule has 0 amide bonds. The van der Waals surface area contributed by atoms with Crippen molar-refractivity contribution in [2.75, 3.05) is 47.9 Å². The number of halogens is 1. The van der Waals surface area contributed by atoms with Crippen LogP contribution < -0.4 is 14.8 Å². The smallest absolute Gasteiger partial charge is 0.193 e. The minimum atomic E-state index is 0. The van der Waals surface area contributed by atoms with E-state index in [1.165, 1.54) is 19.4 Å². The van der Waals surface area contributed by atoms with E-state index in [1.54, 1.807) is 14.2 Å². The van der Waals surface area contributed by atoms with Crippen molar-refractivity contribution in [3.05, 3.63) is 23.8 Å². The topological polar surface area (TPSA) is 49.3 Å². The predicted octanol–water partition coefficient (Wildman–Crippen LogP) is 3.45. The van der Waals surface area contributed by atoms with Crippen molar-refractivity contribution in [1.82, 2.24) is 15.1 Å². The molecule has 1 aromatic carbocycles. The van der Waals surface area contributed by atoms with Crippen LogP contribution in [0.15, 0.2) is 23.2 Å². The fourth-order valence-electron chi connectivity index (χ4n) is 3.67. The molecule has 0 saturated carbocycles. The summed E-state index contributed by atoms with van der Waals surface area (Å²) in [5, 5.41) is 3.56. The van der Waals surface area contributed by atoms with Crippen molar-refractivity contribution in [2.45, 2.75) is 39.3 Å². The highest BCUT2D eigenvalue weighted by Gasteiger charge is 2.22. The van der Waals surface area contributed by atoms with Crippen molar-refractivity contribution < 1.29 is 9.47 Å². The average Bonchev–Trinajstić information content (AvgIpc) is 2.68. The van der Waals surface area contributed by atoms with Crippen LogP contribution >= 0.6 is 24.0 Å². The van der Waals surface area contributed by atoms with E-state index in [1.807, 2.05) is 25.2 Å². The first kappa shape index (κ1) is 24.8. The maximum atomic E-state index is 5.52. The van der Waals surface area contributed by atoms with Gasteiger partial charge < -0.3 is 24.6 Å². The van der Waals surface area contributed by atoms with E-state index < -0.39 is 0 Å². The molecule has 1 saturated heterocycles. The number of guanidine groups is 1. The van der Waals surface area contributed by atoms with Crippen LogP contribution in [0, 0.1) is 5.92 Å². The Morgan fingerprint density at radius 2 is 2.07 bits per heavy atom. The molecule has 28 heavy (non-hydrogen) atoms. The van der Waals surface area contributed by atoms with Crippen LogP contribution in [0.5, 0.6) is 11.5 Å². The van der Waals surface area contributed by atoms with Crippen LogP contribution in [0.25, 0.3) is 0 Å². The molecule has 1 aliphatic heterocycles. The number of likely N-dealkylation sites (tertiary alicyclic amines) is 1. The maximum absolute atomic E-state index is 5.52. The van der Waals surface area contributed by atoms with Crippen molar-refractivity contribution in [3.63, 3.8) is 0 Å². The van der Waals surface area contributed by atoms with E-state index in [0.29, 0.717) is 12.0 Å². The standard InChI is InChI=1S/C21H36N4O2.HI/c1-16(2)25-11-7-8-17(14-25)13-23-21(22-3)24(4)15-18-9-10-19(26-5)12-20(18)27-6;/h9-10,12,16-17H,7-8,11,13-15H2,1-6H3,(H,22,23);1H.